The highest BCUT2D eigenvalue weighted by Gasteiger charge is 2.32. The third kappa shape index (κ3) is 4.81. The minimum atomic E-state index is -0.878. The molecule has 4 nitrogen and oxygen atoms in total. The van der Waals surface area contributed by atoms with Crippen LogP contribution in [0.25, 0.3) is 0 Å². The fourth-order valence-electron chi connectivity index (χ4n) is 2.11. The van der Waals surface area contributed by atoms with Gasteiger partial charge in [0.05, 0.1) is 12.4 Å². The summed E-state index contributed by atoms with van der Waals surface area (Å²) in [5, 5.41) is 12.8. The van der Waals surface area contributed by atoms with Gasteiger partial charge >= 0.3 is 0 Å². The number of carbonyl (C=O) groups is 1. The van der Waals surface area contributed by atoms with E-state index in [4.69, 9.17) is 4.74 Å². The van der Waals surface area contributed by atoms with E-state index < -0.39 is 5.60 Å². The van der Waals surface area contributed by atoms with Crippen LogP contribution in [0.2, 0.25) is 0 Å². The zero-order valence-electron chi connectivity index (χ0n) is 11.7. The normalized spacial score (nSPS) is 21.9. The molecule has 1 unspecified atom stereocenters. The smallest absolute Gasteiger partial charge is 0.230 e. The fraction of sp³-hybridized carbons (Fsp3) is 0.533. The van der Waals surface area contributed by atoms with E-state index in [9.17, 15) is 9.90 Å². The Hall–Kier alpha value is -1.04. The fourth-order valence-corrected chi connectivity index (χ4v) is 2.92. The molecular weight excluding hydrogens is 274 g/mol. The molecule has 1 aliphatic heterocycles. The van der Waals surface area contributed by atoms with Gasteiger partial charge in [-0.05, 0) is 12.5 Å². The summed E-state index contributed by atoms with van der Waals surface area (Å²) in [6.07, 6.45) is 0.587. The first kappa shape index (κ1) is 15.4. The van der Waals surface area contributed by atoms with Gasteiger partial charge in [0.25, 0.3) is 0 Å². The van der Waals surface area contributed by atoms with E-state index in [0.29, 0.717) is 25.4 Å². The van der Waals surface area contributed by atoms with E-state index in [1.807, 2.05) is 6.07 Å². The molecule has 1 saturated heterocycles. The Morgan fingerprint density at radius 3 is 3.10 bits per heavy atom. The summed E-state index contributed by atoms with van der Waals surface area (Å²) in [5.41, 5.74) is 1.58. The first-order valence-corrected chi connectivity index (χ1v) is 7.93. The largest absolute Gasteiger partial charge is 0.386 e. The molecule has 1 aromatic carbocycles. The number of aryl methyl sites for hydroxylation is 1. The summed E-state index contributed by atoms with van der Waals surface area (Å²) < 4.78 is 5.14. The van der Waals surface area contributed by atoms with Crippen LogP contribution in [0.15, 0.2) is 24.3 Å². The molecule has 1 atom stereocenters. The number of hydrogen-bond donors (Lipinski definition) is 2. The van der Waals surface area contributed by atoms with Gasteiger partial charge in [0.2, 0.25) is 5.91 Å². The summed E-state index contributed by atoms with van der Waals surface area (Å²) in [6.45, 7) is 3.21. The lowest BCUT2D eigenvalue weighted by Gasteiger charge is -2.20. The van der Waals surface area contributed by atoms with Crippen LogP contribution in [0, 0.1) is 6.92 Å². The van der Waals surface area contributed by atoms with Crippen molar-refractivity contribution in [1.82, 2.24) is 5.32 Å². The van der Waals surface area contributed by atoms with Crippen molar-refractivity contribution in [3.8, 4) is 0 Å². The number of rotatable bonds is 6. The number of aliphatic hydroxyl groups is 1. The zero-order chi connectivity index (χ0) is 14.4. The number of ether oxygens (including phenoxy) is 1. The Morgan fingerprint density at radius 2 is 2.40 bits per heavy atom. The van der Waals surface area contributed by atoms with Gasteiger partial charge in [0.1, 0.15) is 5.60 Å². The molecule has 20 heavy (non-hydrogen) atoms. The lowest BCUT2D eigenvalue weighted by molar-refractivity contribution is -0.119. The summed E-state index contributed by atoms with van der Waals surface area (Å²) in [5.74, 6) is 1.19. The van der Waals surface area contributed by atoms with Crippen molar-refractivity contribution < 1.29 is 14.6 Å². The Morgan fingerprint density at radius 1 is 1.55 bits per heavy atom. The maximum absolute atomic E-state index is 11.7. The molecule has 1 heterocycles. The van der Waals surface area contributed by atoms with E-state index in [2.05, 4.69) is 30.4 Å². The number of hydrogen-bond acceptors (Lipinski definition) is 4. The van der Waals surface area contributed by atoms with Crippen LogP contribution in [0.3, 0.4) is 0 Å². The Kier molecular flexibility index (Phi) is 5.46. The number of thioether (sulfide) groups is 1. The number of benzene rings is 1. The molecule has 1 fully saturated rings. The molecule has 0 radical (unpaired) electrons. The standard InChI is InChI=1S/C15H21NO3S/c1-12-3-2-4-13(7-12)8-20-9-14(17)16-10-15(18)5-6-19-11-15/h2-4,7,18H,5-6,8-11H2,1H3,(H,16,17). The van der Waals surface area contributed by atoms with Gasteiger partial charge in [-0.2, -0.15) is 0 Å². The summed E-state index contributed by atoms with van der Waals surface area (Å²) in [6, 6.07) is 8.28. The van der Waals surface area contributed by atoms with Crippen LogP contribution in [0.1, 0.15) is 17.5 Å². The predicted octanol–water partition coefficient (Wildman–Crippen LogP) is 1.50. The quantitative estimate of drug-likeness (QED) is 0.835. The average Bonchev–Trinajstić information content (AvgIpc) is 2.84. The van der Waals surface area contributed by atoms with Crippen LogP contribution < -0.4 is 5.32 Å². The van der Waals surface area contributed by atoms with Gasteiger partial charge in [0, 0.05) is 25.3 Å². The molecule has 0 aliphatic carbocycles. The number of nitrogens with one attached hydrogen (secondary N) is 1. The molecular formula is C15H21NO3S. The third-order valence-electron chi connectivity index (χ3n) is 3.28. The van der Waals surface area contributed by atoms with Crippen LogP contribution >= 0.6 is 11.8 Å². The second-order valence-corrected chi connectivity index (χ2v) is 6.27. The van der Waals surface area contributed by atoms with Crippen LogP contribution in [0.5, 0.6) is 0 Å². The topological polar surface area (TPSA) is 58.6 Å². The molecule has 5 heteroatoms. The second kappa shape index (κ2) is 7.11. The van der Waals surface area contributed by atoms with Crippen LogP contribution in [0.4, 0.5) is 0 Å². The molecule has 2 rings (SSSR count). The monoisotopic (exact) mass is 295 g/mol. The molecule has 1 aromatic rings. The molecule has 1 amide bonds. The molecule has 110 valence electrons. The molecule has 0 saturated carbocycles. The first-order valence-electron chi connectivity index (χ1n) is 6.78. The lowest BCUT2D eigenvalue weighted by Crippen LogP contribution is -2.43. The van der Waals surface area contributed by atoms with E-state index in [1.54, 1.807) is 11.8 Å². The maximum Gasteiger partial charge on any atom is 0.230 e. The molecule has 0 spiro atoms. The van der Waals surface area contributed by atoms with E-state index in [0.717, 1.165) is 5.75 Å². The van der Waals surface area contributed by atoms with Gasteiger partial charge < -0.3 is 15.2 Å². The van der Waals surface area contributed by atoms with E-state index >= 15 is 0 Å². The third-order valence-corrected chi connectivity index (χ3v) is 4.29. The average molecular weight is 295 g/mol. The van der Waals surface area contributed by atoms with Crippen molar-refractivity contribution >= 4 is 17.7 Å². The highest BCUT2D eigenvalue weighted by molar-refractivity contribution is 7.99. The maximum atomic E-state index is 11.7. The van der Waals surface area contributed by atoms with E-state index in [-0.39, 0.29) is 12.5 Å². The minimum absolute atomic E-state index is 0.0389. The molecule has 0 bridgehead atoms. The Labute approximate surface area is 123 Å². The predicted molar refractivity (Wildman–Crippen MR) is 80.7 cm³/mol. The van der Waals surface area contributed by atoms with Gasteiger partial charge in [-0.25, -0.2) is 0 Å². The highest BCUT2D eigenvalue weighted by atomic mass is 32.2. The zero-order valence-corrected chi connectivity index (χ0v) is 12.5. The van der Waals surface area contributed by atoms with Crippen molar-refractivity contribution in [3.05, 3.63) is 35.4 Å². The number of carbonyl (C=O) groups excluding carboxylic acids is 1. The van der Waals surface area contributed by atoms with Gasteiger partial charge in [0.15, 0.2) is 0 Å². The summed E-state index contributed by atoms with van der Waals surface area (Å²) in [7, 11) is 0. The van der Waals surface area contributed by atoms with Gasteiger partial charge in [-0.1, -0.05) is 29.8 Å². The molecule has 1 aliphatic rings. The SMILES string of the molecule is Cc1cccc(CSCC(=O)NCC2(O)CCOC2)c1. The Balaban J connectivity index is 1.65. The molecule has 0 aromatic heterocycles. The van der Waals surface area contributed by atoms with Crippen molar-refractivity contribution in [1.29, 1.82) is 0 Å². The van der Waals surface area contributed by atoms with Crippen LogP contribution in [-0.4, -0.2) is 42.1 Å². The van der Waals surface area contributed by atoms with Crippen molar-refractivity contribution in [2.24, 2.45) is 0 Å². The van der Waals surface area contributed by atoms with Gasteiger partial charge in [-0.15, -0.1) is 11.8 Å². The Bertz CT molecular complexity index is 458. The lowest BCUT2D eigenvalue weighted by atomic mass is 10.0. The molecule has 2 N–H and O–H groups in total. The summed E-state index contributed by atoms with van der Waals surface area (Å²) in [4.78, 5) is 11.7. The van der Waals surface area contributed by atoms with Crippen LogP contribution in [-0.2, 0) is 15.3 Å². The first-order chi connectivity index (χ1) is 9.57. The van der Waals surface area contributed by atoms with Crippen molar-refractivity contribution in [3.63, 3.8) is 0 Å². The summed E-state index contributed by atoms with van der Waals surface area (Å²) >= 11 is 1.58. The number of amides is 1. The van der Waals surface area contributed by atoms with E-state index in [1.165, 1.54) is 11.1 Å². The highest BCUT2D eigenvalue weighted by Crippen LogP contribution is 2.17. The van der Waals surface area contributed by atoms with Crippen molar-refractivity contribution in [2.45, 2.75) is 24.7 Å². The van der Waals surface area contributed by atoms with Gasteiger partial charge in [-0.3, -0.25) is 4.79 Å². The second-order valence-electron chi connectivity index (χ2n) is 5.29. The minimum Gasteiger partial charge on any atom is -0.386 e. The van der Waals surface area contributed by atoms with Crippen molar-refractivity contribution in [2.75, 3.05) is 25.5 Å².